The molecule has 3 heteroatoms. The van der Waals surface area contributed by atoms with Gasteiger partial charge in [0.25, 0.3) is 0 Å². The van der Waals surface area contributed by atoms with Gasteiger partial charge >= 0.3 is 51.4 Å². The number of hydrogen-bond donors (Lipinski definition) is 1. The molecule has 0 saturated heterocycles. The topological polar surface area (TPSA) is 26.1 Å². The van der Waals surface area contributed by atoms with Gasteiger partial charge < -0.3 is 10.6 Å². The summed E-state index contributed by atoms with van der Waals surface area (Å²) in [6.07, 6.45) is 6.73. The van der Waals surface area contributed by atoms with E-state index in [4.69, 9.17) is 0 Å². The van der Waals surface area contributed by atoms with Gasteiger partial charge in [0.1, 0.15) is 0 Å². The fourth-order valence-electron chi connectivity index (χ4n) is 1.02. The number of hydrogen-bond acceptors (Lipinski definition) is 1. The molecular formula is C12H21KN2. The van der Waals surface area contributed by atoms with Gasteiger partial charge in [-0.3, -0.25) is 0 Å². The number of nitrogens with zero attached hydrogens (tertiary/aromatic N) is 1. The van der Waals surface area contributed by atoms with E-state index in [0.29, 0.717) is 6.04 Å². The second-order valence-electron chi connectivity index (χ2n) is 3.24. The molecule has 1 unspecified atom stereocenters. The van der Waals surface area contributed by atoms with Gasteiger partial charge in [-0.1, -0.05) is 37.8 Å². The van der Waals surface area contributed by atoms with Gasteiger partial charge in [0.15, 0.2) is 0 Å². The van der Waals surface area contributed by atoms with Gasteiger partial charge in [0.2, 0.25) is 0 Å². The average molecular weight is 232 g/mol. The fourth-order valence-corrected chi connectivity index (χ4v) is 1.02. The molecule has 0 heterocycles. The molecule has 0 aliphatic heterocycles. The Labute approximate surface area is 137 Å². The summed E-state index contributed by atoms with van der Waals surface area (Å²) in [7, 11) is 1.84. The SMILES string of the molecule is C=C/C=C\C(=C)C(C)NCCC[N-]C.[K+]. The van der Waals surface area contributed by atoms with Crippen molar-refractivity contribution in [2.45, 2.75) is 19.4 Å². The molecule has 0 amide bonds. The molecule has 0 rings (SSSR count). The van der Waals surface area contributed by atoms with Gasteiger partial charge in [-0.25, -0.2) is 0 Å². The first-order valence-corrected chi connectivity index (χ1v) is 4.99. The van der Waals surface area contributed by atoms with Crippen LogP contribution in [0.5, 0.6) is 0 Å². The molecule has 0 fully saturated rings. The molecule has 0 saturated carbocycles. The monoisotopic (exact) mass is 232 g/mol. The molecule has 0 aliphatic carbocycles. The second kappa shape index (κ2) is 12.8. The van der Waals surface area contributed by atoms with Crippen molar-refractivity contribution in [3.63, 3.8) is 0 Å². The molecule has 0 aromatic heterocycles. The molecule has 0 bridgehead atoms. The minimum atomic E-state index is 0. The minimum Gasteiger partial charge on any atom is -0.665 e. The second-order valence-corrected chi connectivity index (χ2v) is 3.24. The van der Waals surface area contributed by atoms with E-state index in [9.17, 15) is 0 Å². The van der Waals surface area contributed by atoms with Gasteiger partial charge in [0.05, 0.1) is 0 Å². The van der Waals surface area contributed by atoms with Crippen LogP contribution in [-0.4, -0.2) is 26.2 Å². The number of allylic oxidation sites excluding steroid dienone is 2. The molecular weight excluding hydrogens is 211 g/mol. The van der Waals surface area contributed by atoms with Crippen molar-refractivity contribution in [3.05, 3.63) is 42.3 Å². The summed E-state index contributed by atoms with van der Waals surface area (Å²) in [4.78, 5) is 0. The van der Waals surface area contributed by atoms with Crippen LogP contribution in [0, 0.1) is 0 Å². The molecule has 1 atom stereocenters. The van der Waals surface area contributed by atoms with E-state index in [1.165, 1.54) is 0 Å². The Bertz CT molecular complexity index is 200. The Morgan fingerprint density at radius 3 is 2.73 bits per heavy atom. The zero-order valence-electron chi connectivity index (χ0n) is 10.3. The summed E-state index contributed by atoms with van der Waals surface area (Å²) < 4.78 is 0. The van der Waals surface area contributed by atoms with E-state index < -0.39 is 0 Å². The summed E-state index contributed by atoms with van der Waals surface area (Å²) in [6, 6.07) is 0.322. The van der Waals surface area contributed by atoms with Gasteiger partial charge in [-0.15, -0.1) is 6.54 Å². The first kappa shape index (κ1) is 18.1. The zero-order chi connectivity index (χ0) is 10.8. The predicted octanol–water partition coefficient (Wildman–Crippen LogP) is -0.339. The van der Waals surface area contributed by atoms with Crippen molar-refractivity contribution in [2.75, 3.05) is 20.1 Å². The molecule has 2 nitrogen and oxygen atoms in total. The van der Waals surface area contributed by atoms with Crippen molar-refractivity contribution >= 4 is 0 Å². The standard InChI is InChI=1S/C12H21N2.K/c1-5-6-8-11(2)12(3)14-10-7-9-13-4;/h5-6,8,12,14H,1-2,7,9-10H2,3-4H3;/q-1;+1/b8-6-;. The minimum absolute atomic E-state index is 0. The van der Waals surface area contributed by atoms with Crippen LogP contribution in [0.25, 0.3) is 5.32 Å². The van der Waals surface area contributed by atoms with E-state index in [-0.39, 0.29) is 51.4 Å². The van der Waals surface area contributed by atoms with Crippen LogP contribution >= 0.6 is 0 Å². The van der Waals surface area contributed by atoms with Crippen LogP contribution in [0.3, 0.4) is 0 Å². The van der Waals surface area contributed by atoms with Gasteiger partial charge in [-0.05, 0) is 19.0 Å². The number of nitrogens with one attached hydrogen (secondary N) is 1. The van der Waals surface area contributed by atoms with Crippen molar-refractivity contribution in [2.24, 2.45) is 0 Å². The summed E-state index contributed by atoms with van der Waals surface area (Å²) >= 11 is 0. The molecule has 1 N–H and O–H groups in total. The van der Waals surface area contributed by atoms with Crippen LogP contribution in [-0.2, 0) is 0 Å². The molecule has 80 valence electrons. The molecule has 0 aromatic carbocycles. The van der Waals surface area contributed by atoms with Crippen LogP contribution in [0.1, 0.15) is 13.3 Å². The average Bonchev–Trinajstić information content (AvgIpc) is 2.20. The maximum absolute atomic E-state index is 4.04. The zero-order valence-corrected chi connectivity index (χ0v) is 13.4. The molecule has 0 radical (unpaired) electrons. The van der Waals surface area contributed by atoms with Crippen molar-refractivity contribution < 1.29 is 51.4 Å². The smallest absolute Gasteiger partial charge is 0.665 e. The Morgan fingerprint density at radius 1 is 1.53 bits per heavy atom. The van der Waals surface area contributed by atoms with Crippen LogP contribution in [0.2, 0.25) is 0 Å². The van der Waals surface area contributed by atoms with Crippen molar-refractivity contribution in [1.29, 1.82) is 0 Å². The van der Waals surface area contributed by atoms with E-state index in [0.717, 1.165) is 25.1 Å². The van der Waals surface area contributed by atoms with Crippen LogP contribution < -0.4 is 56.7 Å². The van der Waals surface area contributed by atoms with E-state index in [1.807, 2.05) is 19.2 Å². The number of rotatable bonds is 8. The largest absolute Gasteiger partial charge is 1.00 e. The Hall–Kier alpha value is 0.776. The van der Waals surface area contributed by atoms with E-state index in [1.54, 1.807) is 6.08 Å². The van der Waals surface area contributed by atoms with E-state index in [2.05, 4.69) is 30.7 Å². The summed E-state index contributed by atoms with van der Waals surface area (Å²) in [6.45, 7) is 11.6. The van der Waals surface area contributed by atoms with Gasteiger partial charge in [0, 0.05) is 6.04 Å². The molecule has 0 aliphatic rings. The predicted molar refractivity (Wildman–Crippen MR) is 64.7 cm³/mol. The maximum Gasteiger partial charge on any atom is 1.00 e. The Balaban J connectivity index is 0. The Kier molecular flexibility index (Phi) is 15.5. The fraction of sp³-hybridized carbons (Fsp3) is 0.500. The molecule has 0 spiro atoms. The van der Waals surface area contributed by atoms with Crippen LogP contribution in [0.15, 0.2) is 37.0 Å². The van der Waals surface area contributed by atoms with Gasteiger partial charge in [-0.2, -0.15) is 7.05 Å². The Morgan fingerprint density at radius 2 is 2.20 bits per heavy atom. The van der Waals surface area contributed by atoms with E-state index >= 15 is 0 Å². The third kappa shape index (κ3) is 11.0. The molecule has 0 aromatic rings. The normalized spacial score (nSPS) is 12.1. The van der Waals surface area contributed by atoms with Crippen LogP contribution in [0.4, 0.5) is 0 Å². The summed E-state index contributed by atoms with van der Waals surface area (Å²) in [5.74, 6) is 0. The summed E-state index contributed by atoms with van der Waals surface area (Å²) in [5.41, 5.74) is 1.08. The third-order valence-corrected chi connectivity index (χ3v) is 2.01. The first-order chi connectivity index (χ1) is 6.72. The quantitative estimate of drug-likeness (QED) is 0.346. The third-order valence-electron chi connectivity index (χ3n) is 2.01. The molecule has 15 heavy (non-hydrogen) atoms. The maximum atomic E-state index is 4.04. The van der Waals surface area contributed by atoms with Crippen molar-refractivity contribution in [1.82, 2.24) is 5.32 Å². The van der Waals surface area contributed by atoms with Crippen molar-refractivity contribution in [3.8, 4) is 0 Å². The summed E-state index contributed by atoms with van der Waals surface area (Å²) in [5, 5.41) is 7.42. The first-order valence-electron chi connectivity index (χ1n) is 4.99.